The molecule has 0 rings (SSSR count). The van der Waals surface area contributed by atoms with Crippen LogP contribution in [0.15, 0.2) is 0 Å². The molecule has 0 spiro atoms. The number of hydrogen-bond donors (Lipinski definition) is 0. The van der Waals surface area contributed by atoms with Crippen LogP contribution in [0, 0.1) is 0 Å². The molecule has 2 nitrogen and oxygen atoms in total. The molecule has 0 heterocycles. The molecule has 2 unspecified atom stereocenters. The van der Waals surface area contributed by atoms with E-state index in [2.05, 4.69) is 50.2 Å². The summed E-state index contributed by atoms with van der Waals surface area (Å²) in [5, 5.41) is 0. The summed E-state index contributed by atoms with van der Waals surface area (Å²) < 4.78 is 5.15. The van der Waals surface area contributed by atoms with Crippen molar-refractivity contribution in [2.24, 2.45) is 0 Å². The van der Waals surface area contributed by atoms with Gasteiger partial charge in [0.1, 0.15) is 17.9 Å². The fourth-order valence-electron chi connectivity index (χ4n) is 1.48. The maximum absolute atomic E-state index is 2.58. The van der Waals surface area contributed by atoms with E-state index < -0.39 is 17.9 Å². The lowest BCUT2D eigenvalue weighted by Gasteiger charge is -2.28. The highest BCUT2D eigenvalue weighted by Crippen LogP contribution is 2.04. The Morgan fingerprint density at radius 1 is 0.846 bits per heavy atom. The minimum Gasteiger partial charge on any atom is -0.329 e. The van der Waals surface area contributed by atoms with E-state index in [9.17, 15) is 0 Å². The van der Waals surface area contributed by atoms with E-state index >= 15 is 0 Å². The Hall–Kier alpha value is 0.354. The molecular formula is C9H26N2Si2. The first-order valence-corrected chi connectivity index (χ1v) is 10.4. The van der Waals surface area contributed by atoms with Crippen molar-refractivity contribution >= 4 is 17.9 Å². The van der Waals surface area contributed by atoms with Crippen LogP contribution in [0.25, 0.3) is 0 Å². The maximum Gasteiger partial charge on any atom is 0.106 e. The van der Waals surface area contributed by atoms with E-state index in [0.717, 1.165) is 0 Å². The summed E-state index contributed by atoms with van der Waals surface area (Å²) in [4.78, 5) is 0. The van der Waals surface area contributed by atoms with E-state index in [0.29, 0.717) is 0 Å². The first-order valence-electron chi connectivity index (χ1n) is 5.43. The standard InChI is InChI=1S/C9H26N2Si2/c1-7-10(3)12(5)9-13(6)11(4)8-2/h12-13H,7-9H2,1-6H3. The highest BCUT2D eigenvalue weighted by atomic mass is 28.3. The van der Waals surface area contributed by atoms with E-state index in [1.54, 1.807) is 0 Å². The van der Waals surface area contributed by atoms with Crippen LogP contribution in [0.4, 0.5) is 0 Å². The second-order valence-corrected chi connectivity index (χ2v) is 11.1. The van der Waals surface area contributed by atoms with Gasteiger partial charge in [0, 0.05) is 0 Å². The second kappa shape index (κ2) is 6.76. The van der Waals surface area contributed by atoms with Crippen LogP contribution in [-0.2, 0) is 0 Å². The van der Waals surface area contributed by atoms with Crippen LogP contribution in [0.1, 0.15) is 13.8 Å². The van der Waals surface area contributed by atoms with Crippen LogP contribution in [-0.4, -0.2) is 54.2 Å². The summed E-state index contributed by atoms with van der Waals surface area (Å²) in [5.41, 5.74) is 1.54. The molecule has 0 aromatic rings. The lowest BCUT2D eigenvalue weighted by molar-refractivity contribution is 0.540. The van der Waals surface area contributed by atoms with Gasteiger partial charge in [0.25, 0.3) is 0 Å². The Labute approximate surface area is 87.3 Å². The van der Waals surface area contributed by atoms with E-state index in [1.807, 2.05) is 0 Å². The average Bonchev–Trinajstić information content (AvgIpc) is 2.14. The summed E-state index contributed by atoms with van der Waals surface area (Å²) in [6.45, 7) is 11.9. The number of rotatable bonds is 6. The summed E-state index contributed by atoms with van der Waals surface area (Å²) in [5.74, 6) is 0. The quantitative estimate of drug-likeness (QED) is 0.617. The molecule has 0 aliphatic carbocycles. The van der Waals surface area contributed by atoms with Gasteiger partial charge in [-0.1, -0.05) is 26.9 Å². The molecule has 13 heavy (non-hydrogen) atoms. The molecule has 0 saturated heterocycles. The molecule has 0 fully saturated rings. The molecular weight excluding hydrogens is 192 g/mol. The van der Waals surface area contributed by atoms with Crippen LogP contribution in [0.5, 0.6) is 0 Å². The molecule has 0 aromatic heterocycles. The Morgan fingerprint density at radius 2 is 1.15 bits per heavy atom. The molecule has 80 valence electrons. The molecule has 0 radical (unpaired) electrons. The zero-order chi connectivity index (χ0) is 10.4. The highest BCUT2D eigenvalue weighted by molar-refractivity contribution is 6.73. The first kappa shape index (κ1) is 13.4. The van der Waals surface area contributed by atoms with Gasteiger partial charge in [-0.3, -0.25) is 0 Å². The maximum atomic E-state index is 2.58. The fraction of sp³-hybridized carbons (Fsp3) is 1.00. The van der Waals surface area contributed by atoms with Gasteiger partial charge < -0.3 is 9.13 Å². The minimum atomic E-state index is -0.571. The van der Waals surface area contributed by atoms with Crippen molar-refractivity contribution in [2.45, 2.75) is 32.6 Å². The van der Waals surface area contributed by atoms with Crippen molar-refractivity contribution < 1.29 is 0 Å². The Kier molecular flexibility index (Phi) is 6.94. The van der Waals surface area contributed by atoms with Crippen molar-refractivity contribution in [3.8, 4) is 0 Å². The van der Waals surface area contributed by atoms with Crippen molar-refractivity contribution in [3.63, 3.8) is 0 Å². The van der Waals surface area contributed by atoms with Gasteiger partial charge in [-0.25, -0.2) is 0 Å². The number of nitrogens with zero attached hydrogens (tertiary/aromatic N) is 2. The summed E-state index contributed by atoms with van der Waals surface area (Å²) in [6.07, 6.45) is 0. The van der Waals surface area contributed by atoms with Crippen LogP contribution >= 0.6 is 0 Å². The largest absolute Gasteiger partial charge is 0.329 e. The van der Waals surface area contributed by atoms with Gasteiger partial charge in [-0.05, 0) is 32.9 Å². The zero-order valence-corrected chi connectivity index (χ0v) is 12.5. The molecule has 0 bridgehead atoms. The third-order valence-corrected chi connectivity index (χ3v) is 12.4. The van der Waals surface area contributed by atoms with Gasteiger partial charge in [-0.2, -0.15) is 0 Å². The monoisotopic (exact) mass is 218 g/mol. The molecule has 0 saturated carbocycles. The molecule has 0 aliphatic rings. The Bertz CT molecular complexity index is 119. The Morgan fingerprint density at radius 3 is 1.38 bits per heavy atom. The average molecular weight is 218 g/mol. The van der Waals surface area contributed by atoms with Gasteiger partial charge in [-0.15, -0.1) is 0 Å². The van der Waals surface area contributed by atoms with Crippen LogP contribution in [0.3, 0.4) is 0 Å². The smallest absolute Gasteiger partial charge is 0.106 e. The zero-order valence-electron chi connectivity index (χ0n) is 10.2. The molecule has 0 amide bonds. The predicted octanol–water partition coefficient (Wildman–Crippen LogP) is 1.14. The van der Waals surface area contributed by atoms with Crippen LogP contribution < -0.4 is 0 Å². The minimum absolute atomic E-state index is 0.571. The lowest BCUT2D eigenvalue weighted by Crippen LogP contribution is -2.42. The van der Waals surface area contributed by atoms with Gasteiger partial charge in [0.05, 0.1) is 0 Å². The third-order valence-electron chi connectivity index (χ3n) is 3.18. The van der Waals surface area contributed by atoms with Crippen LogP contribution in [0.2, 0.25) is 18.8 Å². The predicted molar refractivity (Wildman–Crippen MR) is 67.4 cm³/mol. The third kappa shape index (κ3) is 4.95. The van der Waals surface area contributed by atoms with Gasteiger partial charge in [0.15, 0.2) is 0 Å². The van der Waals surface area contributed by atoms with Gasteiger partial charge in [0.2, 0.25) is 0 Å². The SMILES string of the molecule is CCN(C)[SiH](C)C[SiH](C)N(C)CC. The topological polar surface area (TPSA) is 6.48 Å². The first-order chi connectivity index (χ1) is 6.02. The van der Waals surface area contributed by atoms with E-state index in [1.165, 1.54) is 18.8 Å². The normalized spacial score (nSPS) is 16.6. The second-order valence-electron chi connectivity index (χ2n) is 4.08. The van der Waals surface area contributed by atoms with E-state index in [-0.39, 0.29) is 0 Å². The highest BCUT2D eigenvalue weighted by Gasteiger charge is 2.17. The van der Waals surface area contributed by atoms with Gasteiger partial charge >= 0.3 is 0 Å². The van der Waals surface area contributed by atoms with Crippen molar-refractivity contribution in [1.29, 1.82) is 0 Å². The summed E-state index contributed by atoms with van der Waals surface area (Å²) in [7, 11) is 3.42. The van der Waals surface area contributed by atoms with Crippen molar-refractivity contribution in [3.05, 3.63) is 0 Å². The molecule has 2 atom stereocenters. The Balaban J connectivity index is 3.83. The molecule has 4 heteroatoms. The fourth-order valence-corrected chi connectivity index (χ4v) is 9.55. The molecule has 0 aromatic carbocycles. The number of hydrogen-bond acceptors (Lipinski definition) is 2. The summed E-state index contributed by atoms with van der Waals surface area (Å²) >= 11 is 0. The van der Waals surface area contributed by atoms with Crippen molar-refractivity contribution in [1.82, 2.24) is 9.13 Å². The lowest BCUT2D eigenvalue weighted by atomic mass is 10.8. The van der Waals surface area contributed by atoms with E-state index in [4.69, 9.17) is 0 Å². The molecule has 0 N–H and O–H groups in total. The molecule has 0 aliphatic heterocycles. The van der Waals surface area contributed by atoms with Crippen molar-refractivity contribution in [2.75, 3.05) is 27.2 Å². The summed E-state index contributed by atoms with van der Waals surface area (Å²) in [6, 6.07) is 0.